The molecule has 0 N–H and O–H groups in total. The molecule has 2 aliphatic carbocycles. The second-order valence-corrected chi connectivity index (χ2v) is 2.89. The van der Waals surface area contributed by atoms with Gasteiger partial charge in [0.05, 0.1) is 0 Å². The molecule has 2 nitrogen and oxygen atoms in total. The first-order valence-electron chi connectivity index (χ1n) is 3.34. The van der Waals surface area contributed by atoms with Gasteiger partial charge in [-0.25, -0.2) is 0 Å². The topological polar surface area (TPSA) is 34.1 Å². The number of hydrogen-bond donors (Lipinski definition) is 0. The Morgan fingerprint density at radius 1 is 1.11 bits per heavy atom. The van der Waals surface area contributed by atoms with E-state index in [0.29, 0.717) is 24.4 Å². The van der Waals surface area contributed by atoms with Crippen LogP contribution in [0.2, 0.25) is 0 Å². The summed E-state index contributed by atoms with van der Waals surface area (Å²) in [5.74, 6) is 0.931. The second-order valence-electron chi connectivity index (χ2n) is 2.89. The number of rotatable bonds is 0. The van der Waals surface area contributed by atoms with Crippen molar-refractivity contribution >= 4 is 11.6 Å². The highest BCUT2D eigenvalue weighted by Gasteiger charge is 2.47. The fourth-order valence-electron chi connectivity index (χ4n) is 1.76. The molecule has 9 heavy (non-hydrogen) atoms. The third-order valence-electron chi connectivity index (χ3n) is 2.44. The zero-order valence-electron chi connectivity index (χ0n) is 5.09. The maximum Gasteiger partial charge on any atom is 0.137 e. The SMILES string of the molecule is O=C1C[C@@H]2C(=O)CC[C@H]12. The minimum atomic E-state index is 0.150. The quantitative estimate of drug-likeness (QED) is 0.472. The normalized spacial score (nSPS) is 40.4. The first-order valence-corrected chi connectivity index (χ1v) is 3.34. The Morgan fingerprint density at radius 3 is 2.33 bits per heavy atom. The molecule has 0 aromatic rings. The van der Waals surface area contributed by atoms with E-state index in [9.17, 15) is 9.59 Å². The third-order valence-corrected chi connectivity index (χ3v) is 2.44. The molecule has 48 valence electrons. The van der Waals surface area contributed by atoms with Crippen LogP contribution in [0, 0.1) is 11.8 Å². The van der Waals surface area contributed by atoms with Gasteiger partial charge in [0.2, 0.25) is 0 Å². The summed E-state index contributed by atoms with van der Waals surface area (Å²) in [6, 6.07) is 0. The van der Waals surface area contributed by atoms with Crippen LogP contribution in [0.15, 0.2) is 0 Å². The van der Waals surface area contributed by atoms with Crippen molar-refractivity contribution in [1.82, 2.24) is 0 Å². The van der Waals surface area contributed by atoms with Gasteiger partial charge in [0.15, 0.2) is 0 Å². The largest absolute Gasteiger partial charge is 0.299 e. The summed E-state index contributed by atoms with van der Waals surface area (Å²) >= 11 is 0. The van der Waals surface area contributed by atoms with Crippen molar-refractivity contribution < 1.29 is 9.59 Å². The van der Waals surface area contributed by atoms with E-state index in [4.69, 9.17) is 0 Å². The lowest BCUT2D eigenvalue weighted by Gasteiger charge is -2.26. The van der Waals surface area contributed by atoms with Crippen molar-refractivity contribution in [2.24, 2.45) is 11.8 Å². The molecule has 2 fully saturated rings. The summed E-state index contributed by atoms with van der Waals surface area (Å²) in [6.07, 6.45) is 2.03. The van der Waals surface area contributed by atoms with Crippen LogP contribution < -0.4 is 0 Å². The molecule has 0 aromatic carbocycles. The number of carbonyl (C=O) groups excluding carboxylic acids is 2. The first kappa shape index (κ1) is 5.15. The van der Waals surface area contributed by atoms with Crippen LogP contribution in [0.25, 0.3) is 0 Å². The van der Waals surface area contributed by atoms with E-state index in [2.05, 4.69) is 0 Å². The van der Waals surface area contributed by atoms with Crippen molar-refractivity contribution in [2.75, 3.05) is 0 Å². The fourth-order valence-corrected chi connectivity index (χ4v) is 1.76. The van der Waals surface area contributed by atoms with Crippen LogP contribution in [0.5, 0.6) is 0 Å². The van der Waals surface area contributed by atoms with Crippen LogP contribution in [0.4, 0.5) is 0 Å². The van der Waals surface area contributed by atoms with Gasteiger partial charge in [-0.15, -0.1) is 0 Å². The average molecular weight is 124 g/mol. The number of carbonyl (C=O) groups is 2. The van der Waals surface area contributed by atoms with Crippen LogP contribution >= 0.6 is 0 Å². The van der Waals surface area contributed by atoms with Gasteiger partial charge < -0.3 is 0 Å². The van der Waals surface area contributed by atoms with E-state index in [1.54, 1.807) is 0 Å². The van der Waals surface area contributed by atoms with Gasteiger partial charge in [0.1, 0.15) is 11.6 Å². The Hall–Kier alpha value is -0.660. The van der Waals surface area contributed by atoms with Crippen molar-refractivity contribution in [1.29, 1.82) is 0 Å². The molecular formula is C7H8O2. The van der Waals surface area contributed by atoms with Gasteiger partial charge in [-0.05, 0) is 6.42 Å². The maximum atomic E-state index is 10.8. The summed E-state index contributed by atoms with van der Waals surface area (Å²) in [5.41, 5.74) is 0. The van der Waals surface area contributed by atoms with E-state index in [1.165, 1.54) is 0 Å². The molecule has 0 spiro atoms. The average Bonchev–Trinajstić information content (AvgIpc) is 2.07. The van der Waals surface area contributed by atoms with Gasteiger partial charge in [-0.2, -0.15) is 0 Å². The van der Waals surface area contributed by atoms with E-state index in [-0.39, 0.29) is 11.8 Å². The number of ketones is 2. The highest BCUT2D eigenvalue weighted by molar-refractivity contribution is 6.01. The number of Topliss-reactive ketones (excluding diaryl/α,β-unsaturated/α-hetero) is 2. The lowest BCUT2D eigenvalue weighted by molar-refractivity contribution is -0.138. The highest BCUT2D eigenvalue weighted by Crippen LogP contribution is 2.41. The summed E-state index contributed by atoms with van der Waals surface area (Å²) < 4.78 is 0. The van der Waals surface area contributed by atoms with Crippen molar-refractivity contribution in [3.05, 3.63) is 0 Å². The van der Waals surface area contributed by atoms with Crippen LogP contribution in [-0.4, -0.2) is 11.6 Å². The molecule has 2 rings (SSSR count). The number of fused-ring (bicyclic) bond motifs is 1. The van der Waals surface area contributed by atoms with E-state index < -0.39 is 0 Å². The smallest absolute Gasteiger partial charge is 0.137 e. The van der Waals surface area contributed by atoms with Gasteiger partial charge >= 0.3 is 0 Å². The molecule has 0 bridgehead atoms. The maximum absolute atomic E-state index is 10.8. The van der Waals surface area contributed by atoms with E-state index in [1.807, 2.05) is 0 Å². The van der Waals surface area contributed by atoms with Gasteiger partial charge in [-0.3, -0.25) is 9.59 Å². The van der Waals surface area contributed by atoms with Crippen molar-refractivity contribution in [3.63, 3.8) is 0 Å². The summed E-state index contributed by atoms with van der Waals surface area (Å²) in [4.78, 5) is 21.5. The number of hydrogen-bond acceptors (Lipinski definition) is 2. The molecule has 0 aliphatic heterocycles. The second kappa shape index (κ2) is 1.43. The zero-order valence-corrected chi connectivity index (χ0v) is 5.09. The van der Waals surface area contributed by atoms with Gasteiger partial charge in [0, 0.05) is 24.7 Å². The van der Waals surface area contributed by atoms with Gasteiger partial charge in [-0.1, -0.05) is 0 Å². The Kier molecular flexibility index (Phi) is 0.821. The molecule has 0 radical (unpaired) electrons. The Balaban J connectivity index is 2.20. The first-order chi connectivity index (χ1) is 4.29. The molecular weight excluding hydrogens is 116 g/mol. The minimum absolute atomic E-state index is 0.150. The van der Waals surface area contributed by atoms with Crippen LogP contribution in [0.3, 0.4) is 0 Å². The fraction of sp³-hybridized carbons (Fsp3) is 0.714. The molecule has 2 atom stereocenters. The zero-order chi connectivity index (χ0) is 6.43. The lowest BCUT2D eigenvalue weighted by atomic mass is 9.75. The predicted molar refractivity (Wildman–Crippen MR) is 30.8 cm³/mol. The molecule has 2 heteroatoms. The van der Waals surface area contributed by atoms with Crippen molar-refractivity contribution in [2.45, 2.75) is 19.3 Å². The summed E-state index contributed by atoms with van der Waals surface area (Å²) in [7, 11) is 0. The Bertz CT molecular complexity index is 183. The predicted octanol–water partition coefficient (Wildman–Crippen LogP) is 0.554. The summed E-state index contributed by atoms with van der Waals surface area (Å²) in [6.45, 7) is 0. The third kappa shape index (κ3) is 0.506. The molecule has 2 aliphatic rings. The van der Waals surface area contributed by atoms with Crippen LogP contribution in [0.1, 0.15) is 19.3 Å². The molecule has 0 unspecified atom stereocenters. The molecule has 0 aromatic heterocycles. The van der Waals surface area contributed by atoms with Crippen molar-refractivity contribution in [3.8, 4) is 0 Å². The van der Waals surface area contributed by atoms with E-state index in [0.717, 1.165) is 6.42 Å². The molecule has 0 saturated heterocycles. The van der Waals surface area contributed by atoms with Gasteiger partial charge in [0.25, 0.3) is 0 Å². The van der Waals surface area contributed by atoms with Crippen LogP contribution in [-0.2, 0) is 9.59 Å². The monoisotopic (exact) mass is 124 g/mol. The minimum Gasteiger partial charge on any atom is -0.299 e. The standard InChI is InChI=1S/C7H8O2/c8-6-2-1-4-5(6)3-7(4)9/h4-5H,1-3H2/t4-,5-/m0/s1. The molecule has 2 saturated carbocycles. The summed E-state index contributed by atoms with van der Waals surface area (Å²) in [5, 5.41) is 0. The lowest BCUT2D eigenvalue weighted by Crippen LogP contribution is -2.35. The Labute approximate surface area is 53.2 Å². The highest BCUT2D eigenvalue weighted by atomic mass is 16.1. The Morgan fingerprint density at radius 2 is 1.89 bits per heavy atom. The van der Waals surface area contributed by atoms with E-state index >= 15 is 0 Å². The molecule has 0 heterocycles. The molecule has 0 amide bonds.